The molecule has 146 valence electrons. The van der Waals surface area contributed by atoms with Gasteiger partial charge < -0.3 is 9.84 Å². The molecule has 0 bridgehead atoms. The summed E-state index contributed by atoms with van der Waals surface area (Å²) in [6.45, 7) is -0.0179. The predicted octanol–water partition coefficient (Wildman–Crippen LogP) is 3.34. The summed E-state index contributed by atoms with van der Waals surface area (Å²) >= 11 is 12.2. The fourth-order valence-corrected chi connectivity index (χ4v) is 3.35. The Morgan fingerprint density at radius 2 is 1.89 bits per heavy atom. The van der Waals surface area contributed by atoms with Gasteiger partial charge in [0.25, 0.3) is 5.91 Å². The van der Waals surface area contributed by atoms with Gasteiger partial charge in [-0.25, -0.2) is 8.42 Å². The number of anilines is 1. The van der Waals surface area contributed by atoms with Crippen LogP contribution >= 0.6 is 23.2 Å². The molecule has 1 amide bonds. The van der Waals surface area contributed by atoms with Gasteiger partial charge in [-0.1, -0.05) is 40.5 Å². The van der Waals surface area contributed by atoms with Gasteiger partial charge in [0.2, 0.25) is 21.7 Å². The minimum absolute atomic E-state index is 0.0179. The first-order chi connectivity index (χ1) is 13.2. The van der Waals surface area contributed by atoms with Crippen LogP contribution in [0.25, 0.3) is 11.4 Å². The average Bonchev–Trinajstić information content (AvgIpc) is 3.07. The molecule has 0 aliphatic rings. The van der Waals surface area contributed by atoms with Crippen molar-refractivity contribution in [1.82, 2.24) is 15.5 Å². The van der Waals surface area contributed by atoms with Gasteiger partial charge >= 0.3 is 0 Å². The van der Waals surface area contributed by atoms with Gasteiger partial charge in [-0.15, -0.1) is 0 Å². The Hall–Kier alpha value is -2.62. The third-order valence-electron chi connectivity index (χ3n) is 3.50. The molecule has 2 N–H and O–H groups in total. The van der Waals surface area contributed by atoms with Crippen molar-refractivity contribution in [2.24, 2.45) is 0 Å². The zero-order valence-electron chi connectivity index (χ0n) is 14.4. The zero-order valence-corrected chi connectivity index (χ0v) is 16.8. The molecule has 0 atom stereocenters. The molecule has 11 heteroatoms. The lowest BCUT2D eigenvalue weighted by molar-refractivity contribution is 0.0946. The third-order valence-corrected chi connectivity index (χ3v) is 4.75. The minimum Gasteiger partial charge on any atom is -0.343 e. The first-order valence-electron chi connectivity index (χ1n) is 7.86. The molecule has 0 fully saturated rings. The first-order valence-corrected chi connectivity index (χ1v) is 10.5. The highest BCUT2D eigenvalue weighted by Crippen LogP contribution is 2.25. The summed E-state index contributed by atoms with van der Waals surface area (Å²) in [4.78, 5) is 16.5. The normalized spacial score (nSPS) is 11.2. The van der Waals surface area contributed by atoms with Crippen LogP contribution < -0.4 is 10.0 Å². The summed E-state index contributed by atoms with van der Waals surface area (Å²) in [6, 6.07) is 11.2. The summed E-state index contributed by atoms with van der Waals surface area (Å²) in [6.07, 6.45) is 1.02. The third kappa shape index (κ3) is 5.00. The monoisotopic (exact) mass is 440 g/mol. The molecule has 0 spiro atoms. The maximum atomic E-state index is 12.3. The van der Waals surface area contributed by atoms with E-state index in [1.165, 1.54) is 18.2 Å². The number of amides is 1. The van der Waals surface area contributed by atoms with Crippen molar-refractivity contribution >= 4 is 44.8 Å². The highest BCUT2D eigenvalue weighted by atomic mass is 35.5. The number of hydrogen-bond donors (Lipinski definition) is 2. The van der Waals surface area contributed by atoms with E-state index in [9.17, 15) is 13.2 Å². The van der Waals surface area contributed by atoms with E-state index in [-0.39, 0.29) is 28.7 Å². The maximum Gasteiger partial charge on any atom is 0.253 e. The zero-order chi connectivity index (χ0) is 20.3. The van der Waals surface area contributed by atoms with E-state index < -0.39 is 15.9 Å². The van der Waals surface area contributed by atoms with Crippen molar-refractivity contribution in [2.75, 3.05) is 11.0 Å². The van der Waals surface area contributed by atoms with Crippen LogP contribution in [-0.2, 0) is 16.6 Å². The van der Waals surface area contributed by atoms with Gasteiger partial charge in [-0.3, -0.25) is 9.52 Å². The summed E-state index contributed by atoms with van der Waals surface area (Å²) in [7, 11) is -3.44. The fourth-order valence-electron chi connectivity index (χ4n) is 2.31. The Balaban J connectivity index is 1.67. The largest absolute Gasteiger partial charge is 0.343 e. The van der Waals surface area contributed by atoms with E-state index in [2.05, 4.69) is 20.2 Å². The highest BCUT2D eigenvalue weighted by molar-refractivity contribution is 7.92. The number of aromatic nitrogens is 2. The van der Waals surface area contributed by atoms with Gasteiger partial charge in [0.05, 0.1) is 28.4 Å². The SMILES string of the molecule is CS(=O)(=O)Nc1ccc(C(=O)NCc2nc(-c3ccccc3Cl)no2)c(Cl)c1. The molecule has 1 aromatic heterocycles. The van der Waals surface area contributed by atoms with Crippen LogP contribution in [0.15, 0.2) is 47.0 Å². The summed E-state index contributed by atoms with van der Waals surface area (Å²) in [5, 5.41) is 7.03. The van der Waals surface area contributed by atoms with E-state index in [1.807, 2.05) is 0 Å². The summed E-state index contributed by atoms with van der Waals surface area (Å²) < 4.78 is 29.9. The lowest BCUT2D eigenvalue weighted by atomic mass is 10.2. The quantitative estimate of drug-likeness (QED) is 0.607. The van der Waals surface area contributed by atoms with Crippen molar-refractivity contribution in [3.8, 4) is 11.4 Å². The van der Waals surface area contributed by atoms with Crippen LogP contribution in [0, 0.1) is 0 Å². The molecule has 28 heavy (non-hydrogen) atoms. The molecule has 3 rings (SSSR count). The van der Waals surface area contributed by atoms with Crippen LogP contribution in [0.1, 0.15) is 16.2 Å². The number of benzene rings is 2. The molecule has 1 heterocycles. The van der Waals surface area contributed by atoms with Crippen LogP contribution in [-0.4, -0.2) is 30.7 Å². The Morgan fingerprint density at radius 3 is 2.57 bits per heavy atom. The van der Waals surface area contributed by atoms with E-state index >= 15 is 0 Å². The molecule has 2 aromatic carbocycles. The standard InChI is InChI=1S/C17H14Cl2N4O4S/c1-28(25,26)23-10-6-7-12(14(19)8-10)17(24)20-9-15-21-16(22-27-15)11-4-2-3-5-13(11)18/h2-8,23H,9H2,1H3,(H,20,24). The Labute approximate surface area is 170 Å². The van der Waals surface area contributed by atoms with E-state index in [0.717, 1.165) is 6.26 Å². The Kier molecular flexibility index (Phi) is 5.87. The molecule has 0 saturated carbocycles. The van der Waals surface area contributed by atoms with Crippen molar-refractivity contribution in [3.63, 3.8) is 0 Å². The highest BCUT2D eigenvalue weighted by Gasteiger charge is 2.15. The average molecular weight is 441 g/mol. The number of rotatable bonds is 6. The van der Waals surface area contributed by atoms with Gasteiger partial charge in [-0.2, -0.15) is 4.98 Å². The lowest BCUT2D eigenvalue weighted by Gasteiger charge is -2.08. The maximum absolute atomic E-state index is 12.3. The Bertz CT molecular complexity index is 1130. The molecular formula is C17H14Cl2N4O4S. The smallest absolute Gasteiger partial charge is 0.253 e. The summed E-state index contributed by atoms with van der Waals surface area (Å²) in [5.74, 6) is 0.0206. The first kappa shape index (κ1) is 20.1. The van der Waals surface area contributed by atoms with Crippen molar-refractivity contribution in [1.29, 1.82) is 0 Å². The second-order valence-corrected chi connectivity index (χ2v) is 8.31. The molecule has 0 radical (unpaired) electrons. The van der Waals surface area contributed by atoms with Crippen molar-refractivity contribution in [2.45, 2.75) is 6.54 Å². The summed E-state index contributed by atoms with van der Waals surface area (Å²) in [5.41, 5.74) is 1.04. The van der Waals surface area contributed by atoms with Crippen molar-refractivity contribution in [3.05, 3.63) is 64.0 Å². The minimum atomic E-state index is -3.44. The molecule has 0 unspecified atom stereocenters. The second kappa shape index (κ2) is 8.17. The number of carbonyl (C=O) groups excluding carboxylic acids is 1. The molecule has 0 aliphatic carbocycles. The molecule has 0 saturated heterocycles. The van der Waals surface area contributed by atoms with E-state index in [4.69, 9.17) is 27.7 Å². The van der Waals surface area contributed by atoms with Crippen molar-refractivity contribution < 1.29 is 17.7 Å². The van der Waals surface area contributed by atoms with Gasteiger partial charge in [-0.05, 0) is 30.3 Å². The number of hydrogen-bond acceptors (Lipinski definition) is 6. The number of carbonyl (C=O) groups is 1. The fraction of sp³-hybridized carbons (Fsp3) is 0.118. The number of nitrogens with one attached hydrogen (secondary N) is 2. The topological polar surface area (TPSA) is 114 Å². The second-order valence-electron chi connectivity index (χ2n) is 5.74. The number of sulfonamides is 1. The predicted molar refractivity (Wildman–Crippen MR) is 106 cm³/mol. The Morgan fingerprint density at radius 1 is 1.14 bits per heavy atom. The van der Waals surface area contributed by atoms with Gasteiger partial charge in [0, 0.05) is 11.3 Å². The number of halogens is 2. The van der Waals surface area contributed by atoms with Gasteiger partial charge in [0.15, 0.2) is 0 Å². The van der Waals surface area contributed by atoms with Gasteiger partial charge in [0.1, 0.15) is 0 Å². The molecule has 3 aromatic rings. The number of nitrogens with zero attached hydrogens (tertiary/aromatic N) is 2. The van der Waals surface area contributed by atoms with Crippen LogP contribution in [0.3, 0.4) is 0 Å². The van der Waals surface area contributed by atoms with Crippen LogP contribution in [0.4, 0.5) is 5.69 Å². The van der Waals surface area contributed by atoms with E-state index in [1.54, 1.807) is 24.3 Å². The molecular weight excluding hydrogens is 427 g/mol. The molecule has 0 aliphatic heterocycles. The van der Waals surface area contributed by atoms with Crippen LogP contribution in [0.5, 0.6) is 0 Å². The van der Waals surface area contributed by atoms with Crippen LogP contribution in [0.2, 0.25) is 10.0 Å². The van der Waals surface area contributed by atoms with E-state index in [0.29, 0.717) is 16.4 Å². The lowest BCUT2D eigenvalue weighted by Crippen LogP contribution is -2.23. The molecule has 8 nitrogen and oxygen atoms in total.